The lowest BCUT2D eigenvalue weighted by molar-refractivity contribution is -0.144. The summed E-state index contributed by atoms with van der Waals surface area (Å²) in [5.41, 5.74) is 1.11. The van der Waals surface area contributed by atoms with E-state index in [-0.39, 0.29) is 54.8 Å². The van der Waals surface area contributed by atoms with E-state index in [0.717, 1.165) is 11.1 Å². The zero-order valence-corrected chi connectivity index (χ0v) is 32.8. The van der Waals surface area contributed by atoms with Crippen molar-refractivity contribution < 1.29 is 56.8 Å². The number of amides is 1. The molecule has 1 aliphatic rings. The van der Waals surface area contributed by atoms with Crippen molar-refractivity contribution in [2.24, 2.45) is 0 Å². The third-order valence-electron chi connectivity index (χ3n) is 8.46. The molecule has 0 radical (unpaired) electrons. The number of benzene rings is 3. The third kappa shape index (κ3) is 11.4. The van der Waals surface area contributed by atoms with Crippen LogP contribution in [0.15, 0.2) is 48.5 Å². The molecule has 0 spiro atoms. The van der Waals surface area contributed by atoms with Gasteiger partial charge in [-0.15, -0.1) is 5.06 Å². The Morgan fingerprint density at radius 2 is 1.51 bits per heavy atom. The SMILES string of the molecule is COCOc1ccc(N(C)C)c(F)c1C(=O)c1ccc(C(=O)O[C@@H]2CCCN(OC(=O)OC(C)(C)C)C[C@H]2NC(=O)c2cc(C)c(OCOC)c(C)c2)cc1. The summed E-state index contributed by atoms with van der Waals surface area (Å²) in [6.45, 7) is 8.86. The Morgan fingerprint density at radius 3 is 2.11 bits per heavy atom. The number of aryl methyl sites for hydroxylation is 2. The van der Waals surface area contributed by atoms with E-state index in [0.29, 0.717) is 24.2 Å². The molecule has 2 atom stereocenters. The first-order valence-corrected chi connectivity index (χ1v) is 17.7. The molecule has 14 nitrogen and oxygen atoms in total. The normalized spacial score (nSPS) is 16.0. The molecular formula is C40H50FN3O11. The van der Waals surface area contributed by atoms with Gasteiger partial charge in [0.1, 0.15) is 28.8 Å². The maximum absolute atomic E-state index is 15.6. The van der Waals surface area contributed by atoms with Crippen LogP contribution >= 0.6 is 0 Å². The number of hydrogen-bond donors (Lipinski definition) is 1. The van der Waals surface area contributed by atoms with E-state index in [4.69, 9.17) is 33.3 Å². The van der Waals surface area contributed by atoms with E-state index in [1.165, 1.54) is 60.6 Å². The third-order valence-corrected chi connectivity index (χ3v) is 8.46. The zero-order valence-electron chi connectivity index (χ0n) is 32.8. The van der Waals surface area contributed by atoms with Crippen LogP contribution in [-0.4, -0.2) is 102 Å². The topological polar surface area (TPSA) is 151 Å². The van der Waals surface area contributed by atoms with E-state index in [2.05, 4.69) is 5.32 Å². The molecule has 1 N–H and O–H groups in total. The van der Waals surface area contributed by atoms with Crippen molar-refractivity contribution >= 4 is 29.5 Å². The first-order valence-electron chi connectivity index (χ1n) is 17.7. The highest BCUT2D eigenvalue weighted by Crippen LogP contribution is 2.32. The molecule has 3 aromatic rings. The van der Waals surface area contributed by atoms with Crippen LogP contribution in [0, 0.1) is 19.7 Å². The van der Waals surface area contributed by atoms with Gasteiger partial charge in [0.05, 0.1) is 23.8 Å². The number of rotatable bonds is 14. The fourth-order valence-corrected chi connectivity index (χ4v) is 5.97. The maximum atomic E-state index is 15.6. The molecule has 1 fully saturated rings. The molecule has 0 aliphatic carbocycles. The maximum Gasteiger partial charge on any atom is 0.528 e. The minimum absolute atomic E-state index is 0.00488. The molecule has 1 amide bonds. The van der Waals surface area contributed by atoms with E-state index < -0.39 is 47.4 Å². The molecule has 1 saturated heterocycles. The number of esters is 1. The second-order valence-electron chi connectivity index (χ2n) is 14.2. The molecular weight excluding hydrogens is 717 g/mol. The van der Waals surface area contributed by atoms with Crippen molar-refractivity contribution in [3.8, 4) is 11.5 Å². The van der Waals surface area contributed by atoms with Crippen LogP contribution in [0.4, 0.5) is 14.9 Å². The van der Waals surface area contributed by atoms with Gasteiger partial charge < -0.3 is 43.5 Å². The Balaban J connectivity index is 1.57. The lowest BCUT2D eigenvalue weighted by Gasteiger charge is -2.29. The van der Waals surface area contributed by atoms with E-state index >= 15 is 4.39 Å². The molecule has 298 valence electrons. The fraction of sp³-hybridized carbons (Fsp3) is 0.450. The number of ether oxygens (including phenoxy) is 6. The molecule has 1 heterocycles. The lowest BCUT2D eigenvalue weighted by atomic mass is 9.99. The van der Waals surface area contributed by atoms with Gasteiger partial charge in [-0.25, -0.2) is 14.0 Å². The summed E-state index contributed by atoms with van der Waals surface area (Å²) in [4.78, 5) is 60.5. The van der Waals surface area contributed by atoms with Crippen molar-refractivity contribution in [2.75, 3.05) is 59.9 Å². The highest BCUT2D eigenvalue weighted by molar-refractivity contribution is 6.11. The lowest BCUT2D eigenvalue weighted by Crippen LogP contribution is -2.50. The van der Waals surface area contributed by atoms with Crippen molar-refractivity contribution in [1.82, 2.24) is 10.4 Å². The summed E-state index contributed by atoms with van der Waals surface area (Å²) in [6.07, 6.45) is -1.00. The summed E-state index contributed by atoms with van der Waals surface area (Å²) in [7, 11) is 6.22. The summed E-state index contributed by atoms with van der Waals surface area (Å²) in [5, 5.41) is 4.35. The van der Waals surface area contributed by atoms with Gasteiger partial charge in [-0.1, -0.05) is 12.1 Å². The quantitative estimate of drug-likeness (QED) is 0.116. The number of nitrogens with zero attached hydrogens (tertiary/aromatic N) is 2. The first kappa shape index (κ1) is 42.5. The van der Waals surface area contributed by atoms with Gasteiger partial charge in [0.2, 0.25) is 0 Å². The number of carbonyl (C=O) groups is 4. The Bertz CT molecular complexity index is 1820. The van der Waals surface area contributed by atoms with Crippen LogP contribution in [0.1, 0.15) is 81.4 Å². The predicted octanol–water partition coefficient (Wildman–Crippen LogP) is 5.99. The monoisotopic (exact) mass is 767 g/mol. The molecule has 0 bridgehead atoms. The van der Waals surface area contributed by atoms with Gasteiger partial charge in [-0.3, -0.25) is 9.59 Å². The van der Waals surface area contributed by atoms with Crippen molar-refractivity contribution in [1.29, 1.82) is 0 Å². The molecule has 15 heteroatoms. The Morgan fingerprint density at radius 1 is 0.891 bits per heavy atom. The number of hydrogen-bond acceptors (Lipinski definition) is 13. The minimum Gasteiger partial charge on any atom is -0.467 e. The summed E-state index contributed by atoms with van der Waals surface area (Å²) >= 11 is 0. The summed E-state index contributed by atoms with van der Waals surface area (Å²) in [5.74, 6) is -1.99. The van der Waals surface area contributed by atoms with Crippen molar-refractivity contribution in [3.05, 3.63) is 87.7 Å². The van der Waals surface area contributed by atoms with Crippen LogP contribution in [0.2, 0.25) is 0 Å². The smallest absolute Gasteiger partial charge is 0.467 e. The van der Waals surface area contributed by atoms with Crippen LogP contribution in [-0.2, 0) is 23.8 Å². The standard InChI is InChI=1S/C40H50FN3O11/c1-24-19-28(20-25(2)36(24)52-23-50-9)37(46)42-29-21-44(55-39(48)54-40(3,4)5)18-10-11-31(29)53-38(47)27-14-12-26(13-15-27)35(45)33-32(51-22-49-8)17-16-30(34(33)41)43(6)7/h12-17,19-20,29,31H,10-11,18,21-23H2,1-9H3,(H,42,46)/t29-,31-/m1/s1. The number of methoxy groups -OCH3 is 2. The number of hydroxylamine groups is 2. The fourth-order valence-electron chi connectivity index (χ4n) is 5.97. The largest absolute Gasteiger partial charge is 0.528 e. The Labute approximate surface area is 320 Å². The highest BCUT2D eigenvalue weighted by Gasteiger charge is 2.34. The van der Waals surface area contributed by atoms with Gasteiger partial charge in [-0.2, -0.15) is 0 Å². The Hall–Kier alpha value is -5.25. The average Bonchev–Trinajstić information content (AvgIpc) is 3.29. The second-order valence-corrected chi connectivity index (χ2v) is 14.2. The Kier molecular flexibility index (Phi) is 14.6. The number of ketones is 1. The van der Waals surface area contributed by atoms with Crippen LogP contribution in [0.3, 0.4) is 0 Å². The number of halogens is 1. The van der Waals surface area contributed by atoms with Gasteiger partial charge in [0.15, 0.2) is 25.2 Å². The van der Waals surface area contributed by atoms with E-state index in [1.54, 1.807) is 47.0 Å². The van der Waals surface area contributed by atoms with E-state index in [1.807, 2.05) is 13.8 Å². The second kappa shape index (κ2) is 18.9. The van der Waals surface area contributed by atoms with Gasteiger partial charge in [0, 0.05) is 46.0 Å². The zero-order chi connectivity index (χ0) is 40.4. The van der Waals surface area contributed by atoms with Gasteiger partial charge in [0.25, 0.3) is 5.91 Å². The molecule has 4 rings (SSSR count). The molecule has 0 saturated carbocycles. The van der Waals surface area contributed by atoms with Crippen molar-refractivity contribution in [3.63, 3.8) is 0 Å². The number of anilines is 1. The number of nitrogens with one attached hydrogen (secondary N) is 1. The average molecular weight is 768 g/mol. The van der Waals surface area contributed by atoms with Gasteiger partial charge >= 0.3 is 12.1 Å². The molecule has 0 unspecified atom stereocenters. The molecule has 0 aromatic heterocycles. The molecule has 55 heavy (non-hydrogen) atoms. The summed E-state index contributed by atoms with van der Waals surface area (Å²) in [6, 6.07) is 11.1. The van der Waals surface area contributed by atoms with E-state index in [9.17, 15) is 19.2 Å². The van der Waals surface area contributed by atoms with Crippen LogP contribution in [0.25, 0.3) is 0 Å². The van der Waals surface area contributed by atoms with Crippen LogP contribution in [0.5, 0.6) is 11.5 Å². The molecule has 1 aliphatic heterocycles. The van der Waals surface area contributed by atoms with Crippen molar-refractivity contribution in [2.45, 2.75) is 65.2 Å². The molecule has 3 aromatic carbocycles. The van der Waals surface area contributed by atoms with Gasteiger partial charge in [-0.05, 0) is 95.0 Å². The predicted molar refractivity (Wildman–Crippen MR) is 200 cm³/mol. The summed E-state index contributed by atoms with van der Waals surface area (Å²) < 4.78 is 48.1. The van der Waals surface area contributed by atoms with Crippen LogP contribution < -0.4 is 19.7 Å². The first-order chi connectivity index (χ1) is 26.0. The highest BCUT2D eigenvalue weighted by atomic mass is 19.1. The minimum atomic E-state index is -0.911. The number of carbonyl (C=O) groups excluding carboxylic acids is 4.